The first-order valence-corrected chi connectivity index (χ1v) is 4.36. The summed E-state index contributed by atoms with van der Waals surface area (Å²) >= 11 is 10.5. The maximum Gasteiger partial charge on any atom is 0.0943 e. The van der Waals surface area contributed by atoms with Crippen LogP contribution in [0.1, 0.15) is 4.88 Å². The molecule has 50 valence electrons. The van der Waals surface area contributed by atoms with Crippen LogP contribution in [0, 0.1) is 0 Å². The van der Waals surface area contributed by atoms with Gasteiger partial charge in [0.1, 0.15) is 0 Å². The lowest BCUT2D eigenvalue weighted by atomic mass is 10.5. The lowest BCUT2D eigenvalue weighted by molar-refractivity contribution is 1.10. The van der Waals surface area contributed by atoms with E-state index in [1.807, 2.05) is 6.07 Å². The number of thiophene rings is 1. The molecule has 2 N–H and O–H groups in total. The Morgan fingerprint density at radius 3 is 2.67 bits per heavy atom. The van der Waals surface area contributed by atoms with E-state index in [-0.39, 0.29) is 0 Å². The molecule has 0 unspecified atom stereocenters. The highest BCUT2D eigenvalue weighted by Crippen LogP contribution is 2.30. The summed E-state index contributed by atoms with van der Waals surface area (Å²) in [6, 6.07) is 1.86. The molecule has 0 saturated heterocycles. The van der Waals surface area contributed by atoms with Crippen molar-refractivity contribution in [3.8, 4) is 0 Å². The van der Waals surface area contributed by atoms with Gasteiger partial charge in [-0.1, -0.05) is 11.6 Å². The van der Waals surface area contributed by atoms with Crippen molar-refractivity contribution < 1.29 is 0 Å². The van der Waals surface area contributed by atoms with E-state index in [0.717, 1.165) is 13.7 Å². The topological polar surface area (TPSA) is 26.0 Å². The van der Waals surface area contributed by atoms with Crippen molar-refractivity contribution in [3.05, 3.63) is 19.8 Å². The summed E-state index contributed by atoms with van der Waals surface area (Å²) in [4.78, 5) is 1.10. The van der Waals surface area contributed by atoms with Crippen LogP contribution in [0.5, 0.6) is 0 Å². The van der Waals surface area contributed by atoms with Crippen LogP contribution >= 0.6 is 38.9 Å². The number of nitrogens with two attached hydrogens (primary N) is 1. The minimum Gasteiger partial charge on any atom is -0.326 e. The molecule has 0 saturated carbocycles. The largest absolute Gasteiger partial charge is 0.326 e. The van der Waals surface area contributed by atoms with E-state index in [0.29, 0.717) is 6.54 Å². The Kier molecular flexibility index (Phi) is 2.52. The molecule has 0 radical (unpaired) electrons. The molecule has 0 amide bonds. The molecule has 0 aliphatic rings. The molecule has 0 atom stereocenters. The van der Waals surface area contributed by atoms with Crippen molar-refractivity contribution in [2.24, 2.45) is 5.73 Å². The monoisotopic (exact) mass is 225 g/mol. The summed E-state index contributed by atoms with van der Waals surface area (Å²) in [7, 11) is 0. The Morgan fingerprint density at radius 2 is 2.44 bits per heavy atom. The van der Waals surface area contributed by atoms with Gasteiger partial charge in [-0.25, -0.2) is 0 Å². The van der Waals surface area contributed by atoms with Gasteiger partial charge in [0.15, 0.2) is 0 Å². The molecule has 0 fully saturated rings. The highest BCUT2D eigenvalue weighted by Gasteiger charge is 2.01. The third-order valence-electron chi connectivity index (χ3n) is 0.913. The van der Waals surface area contributed by atoms with Crippen LogP contribution in [0.3, 0.4) is 0 Å². The second-order valence-electron chi connectivity index (χ2n) is 1.53. The van der Waals surface area contributed by atoms with Gasteiger partial charge in [-0.05, 0) is 22.0 Å². The molecule has 9 heavy (non-hydrogen) atoms. The van der Waals surface area contributed by atoms with E-state index in [9.17, 15) is 0 Å². The fourth-order valence-electron chi connectivity index (χ4n) is 0.515. The minimum atomic E-state index is 0.554. The summed E-state index contributed by atoms with van der Waals surface area (Å²) < 4.78 is 1.79. The Balaban J connectivity index is 3.01. The molecule has 0 spiro atoms. The Morgan fingerprint density at radius 1 is 1.78 bits per heavy atom. The molecular formula is C5H5BrClNS. The minimum absolute atomic E-state index is 0.554. The predicted molar refractivity (Wildman–Crippen MR) is 44.9 cm³/mol. The highest BCUT2D eigenvalue weighted by atomic mass is 79.9. The Bertz CT molecular complexity index is 211. The second-order valence-corrected chi connectivity index (χ2v) is 4.15. The van der Waals surface area contributed by atoms with Gasteiger partial charge in [0.25, 0.3) is 0 Å². The molecule has 1 nitrogen and oxygen atoms in total. The zero-order chi connectivity index (χ0) is 6.85. The zero-order valence-electron chi connectivity index (χ0n) is 4.53. The third kappa shape index (κ3) is 1.67. The SMILES string of the molecule is NCc1sc(Cl)cc1Br. The molecule has 1 heterocycles. The fraction of sp³-hybridized carbons (Fsp3) is 0.200. The van der Waals surface area contributed by atoms with Gasteiger partial charge in [0.2, 0.25) is 0 Å². The van der Waals surface area contributed by atoms with Crippen LogP contribution in [0.2, 0.25) is 4.34 Å². The zero-order valence-corrected chi connectivity index (χ0v) is 7.68. The summed E-state index contributed by atoms with van der Waals surface area (Å²) in [6.07, 6.45) is 0. The molecule has 0 aliphatic carbocycles. The van der Waals surface area contributed by atoms with Crippen LogP contribution in [0.25, 0.3) is 0 Å². The fourth-order valence-corrected chi connectivity index (χ4v) is 2.47. The van der Waals surface area contributed by atoms with Gasteiger partial charge in [-0.3, -0.25) is 0 Å². The smallest absolute Gasteiger partial charge is 0.0943 e. The van der Waals surface area contributed by atoms with E-state index < -0.39 is 0 Å². The maximum absolute atomic E-state index is 5.68. The lowest BCUT2D eigenvalue weighted by Crippen LogP contribution is -1.92. The van der Waals surface area contributed by atoms with Gasteiger partial charge in [-0.15, -0.1) is 11.3 Å². The summed E-state index contributed by atoms with van der Waals surface area (Å²) in [5, 5.41) is 0. The van der Waals surface area contributed by atoms with Crippen molar-refractivity contribution in [3.63, 3.8) is 0 Å². The number of halogens is 2. The normalized spacial score (nSPS) is 10.1. The van der Waals surface area contributed by atoms with Gasteiger partial charge in [-0.2, -0.15) is 0 Å². The average molecular weight is 227 g/mol. The average Bonchev–Trinajstić information content (AvgIpc) is 2.10. The van der Waals surface area contributed by atoms with Crippen LogP contribution in [0.4, 0.5) is 0 Å². The van der Waals surface area contributed by atoms with Crippen molar-refractivity contribution >= 4 is 38.9 Å². The third-order valence-corrected chi connectivity index (χ3v) is 3.17. The number of rotatable bonds is 1. The highest BCUT2D eigenvalue weighted by molar-refractivity contribution is 9.10. The summed E-state index contributed by atoms with van der Waals surface area (Å²) in [6.45, 7) is 0.554. The van der Waals surface area contributed by atoms with Crippen LogP contribution in [-0.4, -0.2) is 0 Å². The van der Waals surface area contributed by atoms with E-state index in [4.69, 9.17) is 17.3 Å². The Labute approximate surface area is 70.9 Å². The van der Waals surface area contributed by atoms with Crippen molar-refractivity contribution in [1.82, 2.24) is 0 Å². The summed E-state index contributed by atoms with van der Waals surface area (Å²) in [5.41, 5.74) is 5.39. The standard InChI is InChI=1S/C5H5BrClNS/c6-3-1-5(7)9-4(3)2-8/h1H,2,8H2. The lowest BCUT2D eigenvalue weighted by Gasteiger charge is -1.86. The maximum atomic E-state index is 5.68. The Hall–Kier alpha value is 0.430. The van der Waals surface area contributed by atoms with Gasteiger partial charge >= 0.3 is 0 Å². The van der Waals surface area contributed by atoms with Crippen molar-refractivity contribution in [1.29, 1.82) is 0 Å². The van der Waals surface area contributed by atoms with Gasteiger partial charge in [0.05, 0.1) is 4.34 Å². The van der Waals surface area contributed by atoms with E-state index in [2.05, 4.69) is 15.9 Å². The molecular weight excluding hydrogens is 221 g/mol. The quantitative estimate of drug-likeness (QED) is 0.783. The molecule has 1 aromatic heterocycles. The first-order valence-electron chi connectivity index (χ1n) is 2.38. The summed E-state index contributed by atoms with van der Waals surface area (Å²) in [5.74, 6) is 0. The van der Waals surface area contributed by atoms with Crippen LogP contribution in [0.15, 0.2) is 10.5 Å². The molecule has 4 heteroatoms. The molecule has 0 aromatic carbocycles. The second kappa shape index (κ2) is 3.01. The van der Waals surface area contributed by atoms with Gasteiger partial charge in [0, 0.05) is 15.9 Å². The van der Waals surface area contributed by atoms with Crippen LogP contribution < -0.4 is 5.73 Å². The first-order chi connectivity index (χ1) is 4.24. The molecule has 0 bridgehead atoms. The molecule has 1 rings (SSSR count). The predicted octanol–water partition coefficient (Wildman–Crippen LogP) is 2.62. The van der Waals surface area contributed by atoms with Gasteiger partial charge < -0.3 is 5.73 Å². The van der Waals surface area contributed by atoms with Crippen molar-refractivity contribution in [2.75, 3.05) is 0 Å². The van der Waals surface area contributed by atoms with Crippen LogP contribution in [-0.2, 0) is 6.54 Å². The molecule has 1 aromatic rings. The first kappa shape index (κ1) is 7.54. The molecule has 0 aliphatic heterocycles. The van der Waals surface area contributed by atoms with E-state index in [1.54, 1.807) is 0 Å². The van der Waals surface area contributed by atoms with E-state index in [1.165, 1.54) is 11.3 Å². The number of hydrogen-bond donors (Lipinski definition) is 1. The van der Waals surface area contributed by atoms with E-state index >= 15 is 0 Å². The number of hydrogen-bond acceptors (Lipinski definition) is 2. The van der Waals surface area contributed by atoms with Crippen molar-refractivity contribution in [2.45, 2.75) is 6.54 Å².